The van der Waals surface area contributed by atoms with Crippen LogP contribution in [0.4, 0.5) is 0 Å². The Bertz CT molecular complexity index is 530. The molecule has 0 aromatic carbocycles. The first-order valence-electron chi connectivity index (χ1n) is 6.66. The Kier molecular flexibility index (Phi) is 4.46. The average Bonchev–Trinajstić information content (AvgIpc) is 2.92. The minimum absolute atomic E-state index is 0.0823. The summed E-state index contributed by atoms with van der Waals surface area (Å²) in [4.78, 5) is 25.1. The molecule has 21 heavy (non-hydrogen) atoms. The molecule has 1 aliphatic heterocycles. The van der Waals surface area contributed by atoms with Crippen LogP contribution in [0.5, 0.6) is 5.88 Å². The lowest BCUT2D eigenvalue weighted by Crippen LogP contribution is -2.58. The van der Waals surface area contributed by atoms with Crippen LogP contribution in [0.1, 0.15) is 19.1 Å². The van der Waals surface area contributed by atoms with Crippen molar-refractivity contribution in [3.63, 3.8) is 0 Å². The Morgan fingerprint density at radius 3 is 2.95 bits per heavy atom. The van der Waals surface area contributed by atoms with Crippen molar-refractivity contribution in [1.29, 1.82) is 0 Å². The first kappa shape index (κ1) is 15.3. The molecule has 2 heterocycles. The molecule has 0 radical (unpaired) electrons. The summed E-state index contributed by atoms with van der Waals surface area (Å²) in [7, 11) is 1.49. The zero-order valence-electron chi connectivity index (χ0n) is 12.1. The number of carbonyl (C=O) groups is 2. The van der Waals surface area contributed by atoms with E-state index in [9.17, 15) is 9.59 Å². The molecule has 116 valence electrons. The Labute approximate surface area is 122 Å². The summed E-state index contributed by atoms with van der Waals surface area (Å²) in [5.74, 6) is 0.303. The fourth-order valence-electron chi connectivity index (χ4n) is 2.13. The lowest BCUT2D eigenvalue weighted by molar-refractivity contribution is -0.160. The number of methoxy groups -OCH3 is 1. The minimum atomic E-state index is -1.12. The third-order valence-corrected chi connectivity index (χ3v) is 3.48. The highest BCUT2D eigenvalue weighted by atomic mass is 16.5. The van der Waals surface area contributed by atoms with Crippen LogP contribution < -0.4 is 10.5 Å². The van der Waals surface area contributed by atoms with Gasteiger partial charge in [0.05, 0.1) is 20.3 Å². The smallest absolute Gasteiger partial charge is 0.254 e. The maximum Gasteiger partial charge on any atom is 0.254 e. The minimum Gasteiger partial charge on any atom is -0.479 e. The van der Waals surface area contributed by atoms with E-state index in [4.69, 9.17) is 19.7 Å². The number of aryl methyl sites for hydroxylation is 1. The van der Waals surface area contributed by atoms with Gasteiger partial charge in [0.25, 0.3) is 11.8 Å². The summed E-state index contributed by atoms with van der Waals surface area (Å²) in [6.07, 6.45) is 0.674. The number of ether oxygens (including phenoxy) is 2. The van der Waals surface area contributed by atoms with E-state index < -0.39 is 11.5 Å². The molecule has 8 nitrogen and oxygen atoms in total. The number of nitrogens with two attached hydrogens (primary N) is 1. The molecule has 1 atom stereocenters. The van der Waals surface area contributed by atoms with Crippen molar-refractivity contribution in [1.82, 2.24) is 10.1 Å². The monoisotopic (exact) mass is 297 g/mol. The molecule has 0 bridgehead atoms. The normalized spacial score (nSPS) is 22.1. The van der Waals surface area contributed by atoms with E-state index in [0.717, 1.165) is 0 Å². The van der Waals surface area contributed by atoms with Crippen molar-refractivity contribution >= 4 is 11.8 Å². The summed E-state index contributed by atoms with van der Waals surface area (Å²) in [5, 5.41) is 3.67. The van der Waals surface area contributed by atoms with Crippen LogP contribution in [-0.2, 0) is 20.7 Å². The molecule has 0 unspecified atom stereocenters. The van der Waals surface area contributed by atoms with Crippen molar-refractivity contribution in [2.24, 2.45) is 5.73 Å². The Balaban J connectivity index is 1.89. The lowest BCUT2D eigenvalue weighted by Gasteiger charge is -2.38. The summed E-state index contributed by atoms with van der Waals surface area (Å²) in [6, 6.07) is 1.64. The molecule has 1 aromatic heterocycles. The second-order valence-electron chi connectivity index (χ2n) is 5.09. The maximum absolute atomic E-state index is 12.2. The summed E-state index contributed by atoms with van der Waals surface area (Å²) in [6.45, 7) is 2.50. The van der Waals surface area contributed by atoms with E-state index in [1.807, 2.05) is 0 Å². The summed E-state index contributed by atoms with van der Waals surface area (Å²) in [5.41, 5.74) is 4.19. The van der Waals surface area contributed by atoms with E-state index in [2.05, 4.69) is 5.16 Å². The molecular formula is C13H19N3O5. The molecule has 2 rings (SSSR count). The van der Waals surface area contributed by atoms with Crippen LogP contribution in [0.2, 0.25) is 0 Å². The highest BCUT2D eigenvalue weighted by Gasteiger charge is 2.39. The van der Waals surface area contributed by atoms with Gasteiger partial charge in [-0.2, -0.15) is 0 Å². The first-order valence-corrected chi connectivity index (χ1v) is 6.66. The molecule has 1 aromatic rings. The highest BCUT2D eigenvalue weighted by molar-refractivity contribution is 5.85. The van der Waals surface area contributed by atoms with Gasteiger partial charge in [0.15, 0.2) is 5.60 Å². The summed E-state index contributed by atoms with van der Waals surface area (Å²) < 4.78 is 15.3. The molecule has 1 saturated heterocycles. The van der Waals surface area contributed by atoms with E-state index >= 15 is 0 Å². The molecule has 1 fully saturated rings. The van der Waals surface area contributed by atoms with Gasteiger partial charge in [-0.1, -0.05) is 0 Å². The highest BCUT2D eigenvalue weighted by Crippen LogP contribution is 2.19. The molecule has 1 aliphatic rings. The van der Waals surface area contributed by atoms with E-state index in [0.29, 0.717) is 31.2 Å². The van der Waals surface area contributed by atoms with Crippen molar-refractivity contribution in [3.8, 4) is 5.88 Å². The molecule has 0 aliphatic carbocycles. The Hall–Kier alpha value is -2.09. The van der Waals surface area contributed by atoms with Gasteiger partial charge in [0.2, 0.25) is 5.91 Å². The third-order valence-electron chi connectivity index (χ3n) is 3.48. The SMILES string of the molecule is COc1cc(CCC(=O)N2CCO[C@](C)(C(N)=O)C2)on1. The van der Waals surface area contributed by atoms with Crippen molar-refractivity contribution in [2.75, 3.05) is 26.8 Å². The van der Waals surface area contributed by atoms with Crippen LogP contribution in [0.15, 0.2) is 10.6 Å². The van der Waals surface area contributed by atoms with Gasteiger partial charge < -0.3 is 24.6 Å². The van der Waals surface area contributed by atoms with Crippen molar-refractivity contribution in [3.05, 3.63) is 11.8 Å². The predicted molar refractivity (Wildman–Crippen MR) is 71.5 cm³/mol. The van der Waals surface area contributed by atoms with Crippen LogP contribution in [0, 0.1) is 0 Å². The number of hydrogen-bond acceptors (Lipinski definition) is 6. The van der Waals surface area contributed by atoms with Crippen molar-refractivity contribution in [2.45, 2.75) is 25.4 Å². The van der Waals surface area contributed by atoms with Gasteiger partial charge in [0, 0.05) is 25.5 Å². The van der Waals surface area contributed by atoms with E-state index in [-0.39, 0.29) is 18.9 Å². The number of primary amides is 1. The topological polar surface area (TPSA) is 108 Å². The quantitative estimate of drug-likeness (QED) is 0.800. The molecule has 0 spiro atoms. The number of carbonyl (C=O) groups excluding carboxylic acids is 2. The second kappa shape index (κ2) is 6.13. The molecule has 2 N–H and O–H groups in total. The first-order chi connectivity index (χ1) is 9.94. The molecule has 0 saturated carbocycles. The van der Waals surface area contributed by atoms with Crippen LogP contribution in [-0.4, -0.2) is 54.3 Å². The standard InChI is InChI=1S/C13H19N3O5/c1-13(12(14)18)8-16(5-6-20-13)11(17)4-3-9-7-10(19-2)15-21-9/h7H,3-6,8H2,1-2H3,(H2,14,18)/t13-/m0/s1. The molecular weight excluding hydrogens is 278 g/mol. The largest absolute Gasteiger partial charge is 0.479 e. The number of nitrogens with zero attached hydrogens (tertiary/aromatic N) is 2. The molecule has 8 heteroatoms. The van der Waals surface area contributed by atoms with Gasteiger partial charge in [-0.3, -0.25) is 9.59 Å². The van der Waals surface area contributed by atoms with E-state index in [1.165, 1.54) is 7.11 Å². The Morgan fingerprint density at radius 1 is 1.57 bits per heavy atom. The third kappa shape index (κ3) is 3.52. The Morgan fingerprint density at radius 2 is 2.33 bits per heavy atom. The fraction of sp³-hybridized carbons (Fsp3) is 0.615. The van der Waals surface area contributed by atoms with Gasteiger partial charge in [-0.15, -0.1) is 0 Å². The number of hydrogen-bond donors (Lipinski definition) is 1. The number of morpholine rings is 1. The van der Waals surface area contributed by atoms with Gasteiger partial charge in [-0.05, 0) is 12.1 Å². The van der Waals surface area contributed by atoms with Crippen molar-refractivity contribution < 1.29 is 23.6 Å². The molecule has 2 amide bonds. The second-order valence-corrected chi connectivity index (χ2v) is 5.09. The summed E-state index contributed by atoms with van der Waals surface area (Å²) >= 11 is 0. The zero-order valence-corrected chi connectivity index (χ0v) is 12.1. The van der Waals surface area contributed by atoms with E-state index in [1.54, 1.807) is 17.9 Å². The zero-order chi connectivity index (χ0) is 15.5. The van der Waals surface area contributed by atoms with Gasteiger partial charge in [-0.25, -0.2) is 0 Å². The predicted octanol–water partition coefficient (Wildman–Crippen LogP) is -0.281. The van der Waals surface area contributed by atoms with Crippen LogP contribution >= 0.6 is 0 Å². The average molecular weight is 297 g/mol. The van der Waals surface area contributed by atoms with Crippen LogP contribution in [0.3, 0.4) is 0 Å². The maximum atomic E-state index is 12.2. The van der Waals surface area contributed by atoms with Gasteiger partial charge >= 0.3 is 0 Å². The number of aromatic nitrogens is 1. The lowest BCUT2D eigenvalue weighted by atomic mass is 10.0. The van der Waals surface area contributed by atoms with Crippen LogP contribution in [0.25, 0.3) is 0 Å². The number of amides is 2. The van der Waals surface area contributed by atoms with Gasteiger partial charge in [0.1, 0.15) is 5.76 Å². The fourth-order valence-corrected chi connectivity index (χ4v) is 2.13. The number of rotatable bonds is 5.